The van der Waals surface area contributed by atoms with Gasteiger partial charge in [0.1, 0.15) is 23.0 Å². The van der Waals surface area contributed by atoms with Gasteiger partial charge in [-0.15, -0.1) is 22.6 Å². The molecule has 0 amide bonds. The van der Waals surface area contributed by atoms with Crippen LogP contribution in [0.4, 0.5) is 4.39 Å². The predicted octanol–water partition coefficient (Wildman–Crippen LogP) is 2.31. The first-order valence-corrected chi connectivity index (χ1v) is 7.99. The molecular formula is C14H16ClFN6OS. The van der Waals surface area contributed by atoms with Crippen LogP contribution in [0.15, 0.2) is 34.1 Å². The number of benzene rings is 1. The maximum atomic E-state index is 14.2. The molecule has 0 saturated carbocycles. The molecule has 0 atom stereocenters. The van der Waals surface area contributed by atoms with E-state index in [1.807, 2.05) is 6.92 Å². The van der Waals surface area contributed by atoms with Crippen LogP contribution in [0, 0.1) is 12.7 Å². The van der Waals surface area contributed by atoms with Gasteiger partial charge in [0.25, 0.3) is 0 Å². The van der Waals surface area contributed by atoms with Gasteiger partial charge < -0.3 is 5.73 Å². The molecule has 0 aliphatic rings. The van der Waals surface area contributed by atoms with Gasteiger partial charge >= 0.3 is 0 Å². The summed E-state index contributed by atoms with van der Waals surface area (Å²) < 4.78 is 20.5. The standard InChI is InChI=1S/C14H15FN6OS.ClH/c1-9-11(20-22-19-9)8-23-14-18-17-13(6-7-16)21(14)12-5-3-2-4-10(12)15;/h2-5H,6-8,16H2,1H3;1H. The molecule has 0 bridgehead atoms. The number of nitrogens with two attached hydrogens (primary N) is 1. The second-order valence-electron chi connectivity index (χ2n) is 4.81. The van der Waals surface area contributed by atoms with Gasteiger partial charge in [0.05, 0.1) is 5.69 Å². The van der Waals surface area contributed by atoms with Crippen molar-refractivity contribution in [1.82, 2.24) is 25.1 Å². The fourth-order valence-corrected chi connectivity index (χ4v) is 3.03. The lowest BCUT2D eigenvalue weighted by Crippen LogP contribution is -2.10. The monoisotopic (exact) mass is 370 g/mol. The molecule has 0 fully saturated rings. The molecule has 0 radical (unpaired) electrons. The number of aryl methyl sites for hydroxylation is 1. The van der Waals surface area contributed by atoms with Gasteiger partial charge in [-0.1, -0.05) is 34.2 Å². The zero-order valence-corrected chi connectivity index (χ0v) is 14.5. The lowest BCUT2D eigenvalue weighted by atomic mass is 10.3. The number of thioether (sulfide) groups is 1. The maximum Gasteiger partial charge on any atom is 0.196 e. The van der Waals surface area contributed by atoms with Gasteiger partial charge in [0.2, 0.25) is 0 Å². The normalized spacial score (nSPS) is 10.6. The fourth-order valence-electron chi connectivity index (χ4n) is 2.07. The third kappa shape index (κ3) is 3.74. The minimum Gasteiger partial charge on any atom is -0.330 e. The number of aromatic nitrogens is 5. The molecule has 0 aliphatic carbocycles. The number of rotatable bonds is 6. The third-order valence-corrected chi connectivity index (χ3v) is 4.19. The van der Waals surface area contributed by atoms with Gasteiger partial charge in [0, 0.05) is 12.2 Å². The van der Waals surface area contributed by atoms with Gasteiger partial charge in [0.15, 0.2) is 5.16 Å². The van der Waals surface area contributed by atoms with Crippen molar-refractivity contribution in [3.8, 4) is 5.69 Å². The summed E-state index contributed by atoms with van der Waals surface area (Å²) >= 11 is 1.39. The van der Waals surface area contributed by atoms with Crippen molar-refractivity contribution >= 4 is 24.2 Å². The number of para-hydroxylation sites is 1. The van der Waals surface area contributed by atoms with Crippen LogP contribution < -0.4 is 5.73 Å². The highest BCUT2D eigenvalue weighted by Gasteiger charge is 2.17. The molecule has 128 valence electrons. The Morgan fingerprint density at radius 2 is 2.04 bits per heavy atom. The van der Waals surface area contributed by atoms with Crippen molar-refractivity contribution in [1.29, 1.82) is 0 Å². The summed E-state index contributed by atoms with van der Waals surface area (Å²) in [7, 11) is 0. The number of hydrogen-bond acceptors (Lipinski definition) is 7. The van der Waals surface area contributed by atoms with Crippen molar-refractivity contribution in [2.45, 2.75) is 24.3 Å². The van der Waals surface area contributed by atoms with E-state index in [0.717, 1.165) is 11.4 Å². The van der Waals surface area contributed by atoms with Gasteiger partial charge in [-0.25, -0.2) is 9.02 Å². The van der Waals surface area contributed by atoms with Crippen LogP contribution in [-0.2, 0) is 12.2 Å². The van der Waals surface area contributed by atoms with Gasteiger partial charge in [-0.3, -0.25) is 4.57 Å². The van der Waals surface area contributed by atoms with E-state index >= 15 is 0 Å². The van der Waals surface area contributed by atoms with Crippen LogP contribution in [0.2, 0.25) is 0 Å². The summed E-state index contributed by atoms with van der Waals surface area (Å²) in [5, 5.41) is 16.4. The van der Waals surface area contributed by atoms with Crippen molar-refractivity contribution < 1.29 is 9.02 Å². The zero-order valence-electron chi connectivity index (χ0n) is 12.8. The molecule has 0 spiro atoms. The Morgan fingerprint density at radius 3 is 2.71 bits per heavy atom. The van der Waals surface area contributed by atoms with Crippen LogP contribution >= 0.6 is 24.2 Å². The number of halogens is 2. The van der Waals surface area contributed by atoms with E-state index in [1.54, 1.807) is 22.8 Å². The average molecular weight is 371 g/mol. The SMILES string of the molecule is Cc1nonc1CSc1nnc(CCN)n1-c1ccccc1F.Cl. The predicted molar refractivity (Wildman–Crippen MR) is 89.9 cm³/mol. The van der Waals surface area contributed by atoms with Crippen molar-refractivity contribution in [3.63, 3.8) is 0 Å². The van der Waals surface area contributed by atoms with Crippen molar-refractivity contribution in [2.24, 2.45) is 5.73 Å². The molecule has 2 aromatic heterocycles. The zero-order chi connectivity index (χ0) is 16.2. The van der Waals surface area contributed by atoms with Crippen LogP contribution in [0.25, 0.3) is 5.69 Å². The molecule has 7 nitrogen and oxygen atoms in total. The Hall–Kier alpha value is -1.97. The molecule has 24 heavy (non-hydrogen) atoms. The van der Waals surface area contributed by atoms with Gasteiger partial charge in [-0.05, 0) is 25.6 Å². The minimum atomic E-state index is -0.341. The Labute approximate surface area is 148 Å². The Bertz CT molecular complexity index is 808. The van der Waals surface area contributed by atoms with E-state index in [0.29, 0.717) is 35.4 Å². The largest absolute Gasteiger partial charge is 0.330 e. The van der Waals surface area contributed by atoms with E-state index < -0.39 is 0 Å². The van der Waals surface area contributed by atoms with E-state index in [2.05, 4.69) is 25.1 Å². The fraction of sp³-hybridized carbons (Fsp3) is 0.286. The average Bonchev–Trinajstić information content (AvgIpc) is 3.13. The molecule has 0 unspecified atom stereocenters. The first-order chi connectivity index (χ1) is 11.2. The minimum absolute atomic E-state index is 0. The molecule has 0 saturated heterocycles. The Kier molecular flexibility index (Phi) is 6.29. The molecular weight excluding hydrogens is 355 g/mol. The lowest BCUT2D eigenvalue weighted by molar-refractivity contribution is 0.302. The molecule has 2 heterocycles. The van der Waals surface area contributed by atoms with Gasteiger partial charge in [-0.2, -0.15) is 0 Å². The summed E-state index contributed by atoms with van der Waals surface area (Å²) in [5.41, 5.74) is 7.45. The van der Waals surface area contributed by atoms with Crippen LogP contribution in [0.3, 0.4) is 0 Å². The van der Waals surface area contributed by atoms with E-state index in [-0.39, 0.29) is 18.2 Å². The molecule has 1 aromatic carbocycles. The van der Waals surface area contributed by atoms with Crippen LogP contribution in [0.5, 0.6) is 0 Å². The summed E-state index contributed by atoms with van der Waals surface area (Å²) in [6, 6.07) is 6.50. The summed E-state index contributed by atoms with van der Waals surface area (Å²) in [6.45, 7) is 2.22. The third-order valence-electron chi connectivity index (χ3n) is 3.25. The second-order valence-corrected chi connectivity index (χ2v) is 5.75. The Balaban J connectivity index is 0.00000208. The molecule has 0 aliphatic heterocycles. The molecule has 3 aromatic rings. The van der Waals surface area contributed by atoms with Crippen LogP contribution in [0.1, 0.15) is 17.2 Å². The first kappa shape index (κ1) is 18.4. The number of nitrogens with zero attached hydrogens (tertiary/aromatic N) is 5. The highest BCUT2D eigenvalue weighted by atomic mass is 35.5. The molecule has 2 N–H and O–H groups in total. The highest BCUT2D eigenvalue weighted by Crippen LogP contribution is 2.26. The summed E-state index contributed by atoms with van der Waals surface area (Å²) in [5.74, 6) is 0.784. The van der Waals surface area contributed by atoms with Crippen molar-refractivity contribution in [2.75, 3.05) is 6.54 Å². The number of hydrogen-bond donors (Lipinski definition) is 1. The quantitative estimate of drug-likeness (QED) is 0.665. The topological polar surface area (TPSA) is 95.7 Å². The first-order valence-electron chi connectivity index (χ1n) is 7.00. The Morgan fingerprint density at radius 1 is 1.25 bits per heavy atom. The van der Waals surface area contributed by atoms with Crippen LogP contribution in [-0.4, -0.2) is 31.6 Å². The van der Waals surface area contributed by atoms with E-state index in [4.69, 9.17) is 5.73 Å². The van der Waals surface area contributed by atoms with E-state index in [1.165, 1.54) is 17.8 Å². The molecule has 3 rings (SSSR count). The lowest BCUT2D eigenvalue weighted by Gasteiger charge is -2.10. The highest BCUT2D eigenvalue weighted by molar-refractivity contribution is 7.98. The summed E-state index contributed by atoms with van der Waals surface area (Å²) in [4.78, 5) is 0. The molecule has 10 heteroatoms. The smallest absolute Gasteiger partial charge is 0.196 e. The van der Waals surface area contributed by atoms with E-state index in [9.17, 15) is 4.39 Å². The second kappa shape index (κ2) is 8.22. The maximum absolute atomic E-state index is 14.2. The van der Waals surface area contributed by atoms with Crippen molar-refractivity contribution in [3.05, 3.63) is 47.3 Å². The summed E-state index contributed by atoms with van der Waals surface area (Å²) in [6.07, 6.45) is 0.506.